The average Bonchev–Trinajstić information content (AvgIpc) is 3.13. The van der Waals surface area contributed by atoms with Gasteiger partial charge in [-0.15, -0.1) is 0 Å². The Kier molecular flexibility index (Phi) is 12.5. The van der Waals surface area contributed by atoms with Crippen LogP contribution in [-0.4, -0.2) is 23.1 Å². The summed E-state index contributed by atoms with van der Waals surface area (Å²) in [5.74, 6) is -0.272. The van der Waals surface area contributed by atoms with E-state index in [0.717, 1.165) is 43.8 Å². The van der Waals surface area contributed by atoms with Gasteiger partial charge in [0.15, 0.2) is 15.1 Å². The summed E-state index contributed by atoms with van der Waals surface area (Å²) < 4.78 is 30.8. The minimum Gasteiger partial charge on any atom is -0.223 e. The Labute approximate surface area is 385 Å². The zero-order valence-electron chi connectivity index (χ0n) is 41.9. The maximum absolute atomic E-state index is 15.4. The number of hydrogen-bond donors (Lipinski definition) is 3. The van der Waals surface area contributed by atoms with Crippen molar-refractivity contribution < 1.29 is 23.1 Å². The highest BCUT2D eigenvalue weighted by Gasteiger charge is 2.43. The smallest absolute Gasteiger partial charge is 0.223 e. The third kappa shape index (κ3) is 9.93. The molecule has 0 aromatic heterocycles. The second kappa shape index (κ2) is 16.2. The number of sulfone groups is 1. The van der Waals surface area contributed by atoms with Gasteiger partial charge >= 0.3 is 7.94 Å². The van der Waals surface area contributed by atoms with Gasteiger partial charge in [-0.3, -0.25) is 0 Å². The molecule has 6 aromatic rings. The predicted octanol–water partition coefficient (Wildman–Crippen LogP) is 14.5. The third-order valence-electron chi connectivity index (χ3n) is 12.7. The zero-order valence-corrected chi connectivity index (χ0v) is 43.6. The summed E-state index contributed by atoms with van der Waals surface area (Å²) in [4.78, 5) is 35.1. The van der Waals surface area contributed by atoms with Gasteiger partial charge in [-0.1, -0.05) is 179 Å². The lowest BCUT2D eigenvalue weighted by Gasteiger charge is -2.32. The van der Waals surface area contributed by atoms with Crippen LogP contribution in [-0.2, 0) is 48.1 Å². The van der Waals surface area contributed by atoms with Gasteiger partial charge in [0.05, 0.1) is 10.6 Å². The van der Waals surface area contributed by atoms with Gasteiger partial charge < -0.3 is 0 Å². The van der Waals surface area contributed by atoms with Crippen LogP contribution in [0.4, 0.5) is 0 Å². The number of benzene rings is 6. The first-order valence-corrected chi connectivity index (χ1v) is 26.0. The molecule has 342 valence electrons. The van der Waals surface area contributed by atoms with Crippen LogP contribution in [0.25, 0.3) is 43.8 Å². The molecule has 0 aliphatic heterocycles. The standard InChI is InChI=1S/C57H74O5PS/c1-52(2,3)38-26-36-28-44(54(7,8)9)42(32-40(36)46(30-38)56(13,14)15)50-48(63(58,59)60)24-25-49(64(61,62)34-35-22-20-19-21-23-35)51(50)43-33-41-37(29-45(43)55(10,11)12)27-39(53(4,5)6)31-47(41)57(16,17)18/h19-33,58-60H,34H2,1-18H3/q+1. The largest absolute Gasteiger partial charge is 0.441 e. The topological polar surface area (TPSA) is 94.8 Å². The Balaban J connectivity index is 1.97. The first-order valence-electron chi connectivity index (χ1n) is 22.7. The molecule has 0 unspecified atom stereocenters. The highest BCUT2D eigenvalue weighted by molar-refractivity contribution is 7.90. The molecule has 3 N–H and O–H groups in total. The van der Waals surface area contributed by atoms with Crippen molar-refractivity contribution in [2.45, 2.75) is 168 Å². The normalized spacial score (nSPS) is 13.9. The van der Waals surface area contributed by atoms with Crippen molar-refractivity contribution in [1.29, 1.82) is 0 Å². The molecule has 0 bridgehead atoms. The van der Waals surface area contributed by atoms with Gasteiger partial charge in [-0.25, -0.2) is 8.42 Å². The monoisotopic (exact) mass is 901 g/mol. The summed E-state index contributed by atoms with van der Waals surface area (Å²) in [7, 11) is -8.97. The van der Waals surface area contributed by atoms with Gasteiger partial charge in [0.25, 0.3) is 0 Å². The molecule has 0 aliphatic carbocycles. The van der Waals surface area contributed by atoms with Crippen LogP contribution in [0.1, 0.15) is 164 Å². The summed E-state index contributed by atoms with van der Waals surface area (Å²) in [6, 6.07) is 29.9. The van der Waals surface area contributed by atoms with E-state index in [-0.39, 0.29) is 37.6 Å². The van der Waals surface area contributed by atoms with Crippen molar-refractivity contribution in [3.8, 4) is 22.3 Å². The Hall–Kier alpha value is -3.90. The number of fused-ring (bicyclic) bond motifs is 2. The number of rotatable bonds is 6. The van der Waals surface area contributed by atoms with Crippen molar-refractivity contribution in [2.75, 3.05) is 0 Å². The van der Waals surface area contributed by atoms with Gasteiger partial charge in [-0.05, 0) is 141 Å². The highest BCUT2D eigenvalue weighted by atomic mass is 32.2. The molecule has 0 aliphatic rings. The molecule has 7 heteroatoms. The zero-order chi connectivity index (χ0) is 48.1. The van der Waals surface area contributed by atoms with Crippen molar-refractivity contribution in [2.24, 2.45) is 0 Å². The Morgan fingerprint density at radius 3 is 1.19 bits per heavy atom. The first kappa shape index (κ1) is 49.5. The summed E-state index contributed by atoms with van der Waals surface area (Å²) in [6.07, 6.45) is 0. The minimum absolute atomic E-state index is 0.0658. The van der Waals surface area contributed by atoms with Crippen LogP contribution in [0.15, 0.2) is 95.9 Å². The van der Waals surface area contributed by atoms with Crippen molar-refractivity contribution in [3.05, 3.63) is 130 Å². The molecule has 6 aromatic carbocycles. The van der Waals surface area contributed by atoms with Gasteiger partial charge in [-0.2, -0.15) is 14.7 Å². The van der Waals surface area contributed by atoms with Crippen LogP contribution in [0.5, 0.6) is 0 Å². The molecule has 64 heavy (non-hydrogen) atoms. The molecule has 0 heterocycles. The van der Waals surface area contributed by atoms with E-state index in [0.29, 0.717) is 27.8 Å². The van der Waals surface area contributed by atoms with E-state index in [1.807, 2.05) is 30.3 Å². The van der Waals surface area contributed by atoms with E-state index in [1.54, 1.807) is 0 Å². The average molecular weight is 902 g/mol. The van der Waals surface area contributed by atoms with Gasteiger partial charge in [0, 0.05) is 11.1 Å². The second-order valence-corrected chi connectivity index (χ2v) is 28.0. The van der Waals surface area contributed by atoms with E-state index in [2.05, 4.69) is 173 Å². The molecule has 0 amide bonds. The molecule has 6 rings (SSSR count). The maximum atomic E-state index is 15.4. The van der Waals surface area contributed by atoms with Crippen molar-refractivity contribution >= 4 is 44.6 Å². The molecule has 0 spiro atoms. The SMILES string of the molecule is CC(C)(C)c1cc(C(C)(C)C)c2cc(-c3c([P+](O)(O)O)ccc(S(=O)(=O)Cc4ccccc4)c3-c3cc4c(C(C)(C)C)cc(C(C)(C)C)cc4cc3C(C)(C)C)c(C(C)(C)C)cc2c1. The molecular formula is C57H74O5PS+. The van der Waals surface area contributed by atoms with Crippen molar-refractivity contribution in [3.63, 3.8) is 0 Å². The van der Waals surface area contributed by atoms with E-state index >= 15 is 8.42 Å². The van der Waals surface area contributed by atoms with Gasteiger partial charge in [0.2, 0.25) is 0 Å². The third-order valence-corrected chi connectivity index (χ3v) is 15.4. The summed E-state index contributed by atoms with van der Waals surface area (Å²) in [5, 5.41) is 3.98. The molecule has 0 saturated carbocycles. The highest BCUT2D eigenvalue weighted by Crippen LogP contribution is 2.54. The fraction of sp³-hybridized carbons (Fsp3) is 0.439. The van der Waals surface area contributed by atoms with E-state index < -0.39 is 28.6 Å². The van der Waals surface area contributed by atoms with Crippen molar-refractivity contribution in [1.82, 2.24) is 0 Å². The van der Waals surface area contributed by atoms with Crippen LogP contribution < -0.4 is 5.30 Å². The molecule has 0 saturated heterocycles. The van der Waals surface area contributed by atoms with Crippen LogP contribution in [0.3, 0.4) is 0 Å². The fourth-order valence-electron chi connectivity index (χ4n) is 9.08. The summed E-state index contributed by atoms with van der Waals surface area (Å²) in [6.45, 7) is 39.4. The Morgan fingerprint density at radius 1 is 0.438 bits per heavy atom. The second-order valence-electron chi connectivity index (χ2n) is 24.4. The minimum atomic E-state index is -4.82. The summed E-state index contributed by atoms with van der Waals surface area (Å²) in [5.41, 5.74) is 7.20. The lowest BCUT2D eigenvalue weighted by atomic mass is 9.73. The molecule has 0 fully saturated rings. The molecule has 0 atom stereocenters. The number of hydrogen-bond acceptors (Lipinski definition) is 5. The Bertz CT molecular complexity index is 2880. The molecule has 0 radical (unpaired) electrons. The van der Waals surface area contributed by atoms with E-state index in [4.69, 9.17) is 0 Å². The quantitative estimate of drug-likeness (QED) is 0.145. The Morgan fingerprint density at radius 2 is 0.828 bits per heavy atom. The van der Waals surface area contributed by atoms with E-state index in [1.165, 1.54) is 23.3 Å². The first-order chi connectivity index (χ1) is 28.9. The fourth-order valence-corrected chi connectivity index (χ4v) is 11.5. The molecule has 5 nitrogen and oxygen atoms in total. The van der Waals surface area contributed by atoms with Crippen LogP contribution in [0, 0.1) is 0 Å². The van der Waals surface area contributed by atoms with Gasteiger partial charge in [0.1, 0.15) is 0 Å². The van der Waals surface area contributed by atoms with Crippen LogP contribution >= 0.6 is 7.94 Å². The molecular weight excluding hydrogens is 828 g/mol. The van der Waals surface area contributed by atoms with E-state index in [9.17, 15) is 14.7 Å². The van der Waals surface area contributed by atoms with Crippen LogP contribution in [0.2, 0.25) is 0 Å². The lowest BCUT2D eigenvalue weighted by molar-refractivity contribution is 0.347. The predicted molar refractivity (Wildman–Crippen MR) is 275 cm³/mol. The summed E-state index contributed by atoms with van der Waals surface area (Å²) >= 11 is 0. The lowest BCUT2D eigenvalue weighted by Crippen LogP contribution is -2.22. The maximum Gasteiger partial charge on any atom is 0.441 e.